The largest absolute Gasteiger partial charge is 0.369 e. The highest BCUT2D eigenvalue weighted by Gasteiger charge is 2.11. The minimum atomic E-state index is -0.278. The molecule has 0 aromatic heterocycles. The number of primary amides is 1. The maximum Gasteiger partial charge on any atom is 0.230 e. The average molecular weight is 252 g/mol. The average Bonchev–Trinajstić information content (AvgIpc) is 2.29. The molecule has 2 unspecified atom stereocenters. The Kier molecular flexibility index (Phi) is 5.51. The van der Waals surface area contributed by atoms with Crippen molar-refractivity contribution in [2.24, 2.45) is 5.73 Å². The highest BCUT2D eigenvalue weighted by atomic mass is 32.2. The highest BCUT2D eigenvalue weighted by molar-refractivity contribution is 8.00. The van der Waals surface area contributed by atoms with Gasteiger partial charge in [-0.25, -0.2) is 0 Å². The molecular formula is C13H20N2OS. The predicted molar refractivity (Wildman–Crippen MR) is 73.0 cm³/mol. The number of amides is 1. The van der Waals surface area contributed by atoms with Crippen molar-refractivity contribution < 1.29 is 4.79 Å². The predicted octanol–water partition coefficient (Wildman–Crippen LogP) is 2.32. The van der Waals surface area contributed by atoms with Crippen LogP contribution in [0.15, 0.2) is 29.2 Å². The van der Waals surface area contributed by atoms with Crippen molar-refractivity contribution in [2.45, 2.75) is 37.0 Å². The zero-order valence-corrected chi connectivity index (χ0v) is 11.4. The van der Waals surface area contributed by atoms with Gasteiger partial charge in [0.2, 0.25) is 5.91 Å². The maximum atomic E-state index is 11.0. The summed E-state index contributed by atoms with van der Waals surface area (Å²) in [7, 11) is 0. The second-order valence-electron chi connectivity index (χ2n) is 4.01. The third kappa shape index (κ3) is 4.40. The lowest BCUT2D eigenvalue weighted by Crippen LogP contribution is -2.22. The minimum Gasteiger partial charge on any atom is -0.369 e. The SMILES string of the molecule is CCNC(C)c1cccc(SC(C)C(N)=O)c1. The Morgan fingerprint density at radius 2 is 2.18 bits per heavy atom. The number of hydrogen-bond donors (Lipinski definition) is 2. The van der Waals surface area contributed by atoms with Crippen molar-refractivity contribution in [2.75, 3.05) is 6.54 Å². The molecule has 3 nitrogen and oxygen atoms in total. The van der Waals surface area contributed by atoms with E-state index in [0.29, 0.717) is 6.04 Å². The van der Waals surface area contributed by atoms with Gasteiger partial charge in [-0.2, -0.15) is 0 Å². The summed E-state index contributed by atoms with van der Waals surface area (Å²) in [6, 6.07) is 8.54. The van der Waals surface area contributed by atoms with Crippen molar-refractivity contribution in [1.82, 2.24) is 5.32 Å². The molecule has 0 aliphatic carbocycles. The number of carbonyl (C=O) groups is 1. The molecule has 1 amide bonds. The molecular weight excluding hydrogens is 232 g/mol. The van der Waals surface area contributed by atoms with Crippen molar-refractivity contribution in [3.63, 3.8) is 0 Å². The van der Waals surface area contributed by atoms with Crippen LogP contribution in [0.4, 0.5) is 0 Å². The smallest absolute Gasteiger partial charge is 0.230 e. The first-order valence-electron chi connectivity index (χ1n) is 5.84. The second kappa shape index (κ2) is 6.67. The molecule has 0 spiro atoms. The van der Waals surface area contributed by atoms with Gasteiger partial charge in [0.15, 0.2) is 0 Å². The molecule has 1 aromatic carbocycles. The van der Waals surface area contributed by atoms with E-state index in [4.69, 9.17) is 5.73 Å². The van der Waals surface area contributed by atoms with E-state index >= 15 is 0 Å². The van der Waals surface area contributed by atoms with Gasteiger partial charge in [-0.1, -0.05) is 19.1 Å². The van der Waals surface area contributed by atoms with Gasteiger partial charge in [-0.15, -0.1) is 11.8 Å². The summed E-state index contributed by atoms with van der Waals surface area (Å²) in [6.45, 7) is 6.98. The number of thioether (sulfide) groups is 1. The van der Waals surface area contributed by atoms with Crippen LogP contribution in [-0.4, -0.2) is 17.7 Å². The van der Waals surface area contributed by atoms with E-state index in [1.165, 1.54) is 17.3 Å². The Bertz CT molecular complexity index is 381. The lowest BCUT2D eigenvalue weighted by Gasteiger charge is -2.14. The van der Waals surface area contributed by atoms with E-state index in [-0.39, 0.29) is 11.2 Å². The van der Waals surface area contributed by atoms with E-state index in [1.807, 2.05) is 19.1 Å². The Morgan fingerprint density at radius 3 is 2.76 bits per heavy atom. The van der Waals surface area contributed by atoms with Crippen LogP contribution in [0.1, 0.15) is 32.4 Å². The number of carbonyl (C=O) groups excluding carboxylic acids is 1. The highest BCUT2D eigenvalue weighted by Crippen LogP contribution is 2.25. The molecule has 3 N–H and O–H groups in total. The Hall–Kier alpha value is -1.00. The number of benzene rings is 1. The Balaban J connectivity index is 2.75. The number of nitrogens with two attached hydrogens (primary N) is 1. The topological polar surface area (TPSA) is 55.1 Å². The van der Waals surface area contributed by atoms with Gasteiger partial charge in [0.1, 0.15) is 0 Å². The van der Waals surface area contributed by atoms with Crippen LogP contribution in [0.25, 0.3) is 0 Å². The van der Waals surface area contributed by atoms with E-state index < -0.39 is 0 Å². The molecule has 0 saturated heterocycles. The van der Waals surface area contributed by atoms with Crippen LogP contribution >= 0.6 is 11.8 Å². The molecule has 0 bridgehead atoms. The zero-order valence-electron chi connectivity index (χ0n) is 10.6. The fraction of sp³-hybridized carbons (Fsp3) is 0.462. The quantitative estimate of drug-likeness (QED) is 0.764. The van der Waals surface area contributed by atoms with Crippen LogP contribution in [0, 0.1) is 0 Å². The van der Waals surface area contributed by atoms with Crippen molar-refractivity contribution >= 4 is 17.7 Å². The van der Waals surface area contributed by atoms with Crippen LogP contribution in [0.5, 0.6) is 0 Å². The number of rotatable bonds is 6. The molecule has 0 aliphatic rings. The summed E-state index contributed by atoms with van der Waals surface area (Å²) >= 11 is 1.50. The second-order valence-corrected chi connectivity index (χ2v) is 5.43. The standard InChI is InChI=1S/C13H20N2OS/c1-4-15-9(2)11-6-5-7-12(8-11)17-10(3)13(14)16/h5-10,15H,4H2,1-3H3,(H2,14,16). The molecule has 1 aromatic rings. The lowest BCUT2D eigenvalue weighted by molar-refractivity contribution is -0.117. The monoisotopic (exact) mass is 252 g/mol. The molecule has 4 heteroatoms. The van der Waals surface area contributed by atoms with E-state index in [0.717, 1.165) is 11.4 Å². The van der Waals surface area contributed by atoms with Gasteiger partial charge in [-0.05, 0) is 38.1 Å². The number of hydrogen-bond acceptors (Lipinski definition) is 3. The van der Waals surface area contributed by atoms with Gasteiger partial charge >= 0.3 is 0 Å². The van der Waals surface area contributed by atoms with Crippen molar-refractivity contribution in [3.8, 4) is 0 Å². The van der Waals surface area contributed by atoms with Gasteiger partial charge < -0.3 is 11.1 Å². The summed E-state index contributed by atoms with van der Waals surface area (Å²) in [5.41, 5.74) is 6.49. The summed E-state index contributed by atoms with van der Waals surface area (Å²) in [5, 5.41) is 3.17. The van der Waals surface area contributed by atoms with Gasteiger partial charge in [0, 0.05) is 10.9 Å². The van der Waals surface area contributed by atoms with Crippen molar-refractivity contribution in [1.29, 1.82) is 0 Å². The molecule has 0 heterocycles. The normalized spacial score (nSPS) is 14.3. The van der Waals surface area contributed by atoms with Crippen LogP contribution in [0.2, 0.25) is 0 Å². The molecule has 1 rings (SSSR count). The van der Waals surface area contributed by atoms with Gasteiger partial charge in [0.25, 0.3) is 0 Å². The maximum absolute atomic E-state index is 11.0. The first-order valence-corrected chi connectivity index (χ1v) is 6.72. The Morgan fingerprint density at radius 1 is 1.47 bits per heavy atom. The summed E-state index contributed by atoms with van der Waals surface area (Å²) < 4.78 is 0. The molecule has 17 heavy (non-hydrogen) atoms. The van der Waals surface area contributed by atoms with Gasteiger partial charge in [0.05, 0.1) is 5.25 Å². The lowest BCUT2D eigenvalue weighted by atomic mass is 10.1. The van der Waals surface area contributed by atoms with E-state index in [1.54, 1.807) is 0 Å². The first-order chi connectivity index (χ1) is 8.04. The molecule has 0 saturated carbocycles. The van der Waals surface area contributed by atoms with Crippen LogP contribution in [-0.2, 0) is 4.79 Å². The molecule has 2 atom stereocenters. The fourth-order valence-corrected chi connectivity index (χ4v) is 2.43. The first kappa shape index (κ1) is 14.1. The minimum absolute atomic E-state index is 0.195. The summed E-state index contributed by atoms with van der Waals surface area (Å²) in [4.78, 5) is 12.1. The third-order valence-corrected chi connectivity index (χ3v) is 3.69. The zero-order chi connectivity index (χ0) is 12.8. The Labute approximate surface area is 107 Å². The van der Waals surface area contributed by atoms with Crippen LogP contribution < -0.4 is 11.1 Å². The van der Waals surface area contributed by atoms with E-state index in [9.17, 15) is 4.79 Å². The van der Waals surface area contributed by atoms with Gasteiger partial charge in [-0.3, -0.25) is 4.79 Å². The fourth-order valence-electron chi connectivity index (χ4n) is 1.54. The molecule has 0 radical (unpaired) electrons. The van der Waals surface area contributed by atoms with E-state index in [2.05, 4.69) is 31.3 Å². The van der Waals surface area contributed by atoms with Crippen LogP contribution in [0.3, 0.4) is 0 Å². The number of nitrogens with one attached hydrogen (secondary N) is 1. The molecule has 0 aliphatic heterocycles. The molecule has 94 valence electrons. The summed E-state index contributed by atoms with van der Waals surface area (Å²) in [5.74, 6) is -0.278. The van der Waals surface area contributed by atoms with Crippen molar-refractivity contribution in [3.05, 3.63) is 29.8 Å². The third-order valence-electron chi connectivity index (χ3n) is 2.58. The molecule has 0 fully saturated rings. The summed E-state index contributed by atoms with van der Waals surface area (Å²) in [6.07, 6.45) is 0.